The summed E-state index contributed by atoms with van der Waals surface area (Å²) in [5, 5.41) is 9.98. The summed E-state index contributed by atoms with van der Waals surface area (Å²) in [5.74, 6) is 4.77. The number of hydrogen-bond acceptors (Lipinski definition) is 2. The van der Waals surface area contributed by atoms with Crippen molar-refractivity contribution in [3.05, 3.63) is 0 Å². The van der Waals surface area contributed by atoms with E-state index in [1.807, 2.05) is 0 Å². The van der Waals surface area contributed by atoms with Crippen molar-refractivity contribution in [1.29, 1.82) is 0 Å². The van der Waals surface area contributed by atoms with Crippen LogP contribution in [-0.2, 0) is 4.79 Å². The molecule has 2 heteroatoms. The smallest absolute Gasteiger partial charge is 0.141 e. The van der Waals surface area contributed by atoms with Crippen molar-refractivity contribution in [2.45, 2.75) is 58.8 Å². The van der Waals surface area contributed by atoms with Crippen LogP contribution in [0, 0.1) is 45.8 Å². The Bertz CT molecular complexity index is 514. The van der Waals surface area contributed by atoms with Crippen LogP contribution in [0.5, 0.6) is 0 Å². The van der Waals surface area contributed by atoms with Crippen LogP contribution in [0.15, 0.2) is 0 Å². The maximum absolute atomic E-state index is 12.5. The van der Waals surface area contributed by atoms with E-state index in [1.165, 1.54) is 32.1 Å². The first-order chi connectivity index (χ1) is 9.95. The standard InChI is InChI=1S/C19H28O2/c1-17-5-4-16(21)18(2,10-20)14(17)3-6-19-8-12-11(7-15(17)19)13(12)9-19/h11-15,20H,3-10H2,1-2H3. The molecule has 4 bridgehead atoms. The summed E-state index contributed by atoms with van der Waals surface area (Å²) in [7, 11) is 0. The van der Waals surface area contributed by atoms with Gasteiger partial charge in [0.05, 0.1) is 12.0 Å². The Morgan fingerprint density at radius 2 is 1.81 bits per heavy atom. The summed E-state index contributed by atoms with van der Waals surface area (Å²) in [5.41, 5.74) is 0.479. The highest BCUT2D eigenvalue weighted by atomic mass is 16.3. The Kier molecular flexibility index (Phi) is 2.23. The fourth-order valence-electron chi connectivity index (χ4n) is 8.12. The third-order valence-corrected chi connectivity index (χ3v) is 9.19. The summed E-state index contributed by atoms with van der Waals surface area (Å²) >= 11 is 0. The number of fused-ring (bicyclic) bond motifs is 1. The molecule has 0 amide bonds. The molecule has 0 saturated heterocycles. The van der Waals surface area contributed by atoms with E-state index in [9.17, 15) is 9.90 Å². The van der Waals surface area contributed by atoms with Gasteiger partial charge in [0.25, 0.3) is 0 Å². The molecule has 116 valence electrons. The van der Waals surface area contributed by atoms with Gasteiger partial charge in [0, 0.05) is 6.42 Å². The Labute approximate surface area is 127 Å². The van der Waals surface area contributed by atoms with Crippen molar-refractivity contribution in [3.8, 4) is 0 Å². The van der Waals surface area contributed by atoms with Gasteiger partial charge in [-0.3, -0.25) is 4.79 Å². The minimum atomic E-state index is -0.460. The second kappa shape index (κ2) is 3.58. The fraction of sp³-hybridized carbons (Fsp3) is 0.947. The zero-order chi connectivity index (χ0) is 14.6. The number of aliphatic hydroxyl groups excluding tert-OH is 1. The van der Waals surface area contributed by atoms with Gasteiger partial charge < -0.3 is 5.11 Å². The molecule has 6 aliphatic rings. The second-order valence-corrected chi connectivity index (χ2v) is 9.65. The minimum Gasteiger partial charge on any atom is -0.395 e. The molecular formula is C19H28O2. The molecule has 0 aromatic rings. The first kappa shape index (κ1) is 13.1. The van der Waals surface area contributed by atoms with E-state index in [4.69, 9.17) is 0 Å². The van der Waals surface area contributed by atoms with E-state index in [-0.39, 0.29) is 6.61 Å². The fourth-order valence-corrected chi connectivity index (χ4v) is 8.12. The van der Waals surface area contributed by atoms with Crippen LogP contribution in [0.1, 0.15) is 58.8 Å². The topological polar surface area (TPSA) is 37.3 Å². The van der Waals surface area contributed by atoms with Crippen LogP contribution in [0.3, 0.4) is 0 Å². The van der Waals surface area contributed by atoms with E-state index in [1.54, 1.807) is 0 Å². The lowest BCUT2D eigenvalue weighted by Gasteiger charge is -2.64. The quantitative estimate of drug-likeness (QED) is 0.802. The van der Waals surface area contributed by atoms with Gasteiger partial charge in [-0.2, -0.15) is 0 Å². The van der Waals surface area contributed by atoms with E-state index in [2.05, 4.69) is 13.8 Å². The highest BCUT2D eigenvalue weighted by Crippen LogP contribution is 2.80. The molecule has 1 N–H and O–H groups in total. The van der Waals surface area contributed by atoms with Crippen LogP contribution in [0.4, 0.5) is 0 Å². The van der Waals surface area contributed by atoms with Gasteiger partial charge in [-0.15, -0.1) is 0 Å². The highest BCUT2D eigenvalue weighted by Gasteiger charge is 2.73. The molecule has 6 rings (SSSR count). The van der Waals surface area contributed by atoms with E-state index < -0.39 is 5.41 Å². The minimum absolute atomic E-state index is 0.0560. The molecule has 0 aromatic carbocycles. The lowest BCUT2D eigenvalue weighted by atomic mass is 9.40. The van der Waals surface area contributed by atoms with Gasteiger partial charge in [0.1, 0.15) is 5.78 Å². The molecule has 21 heavy (non-hydrogen) atoms. The van der Waals surface area contributed by atoms with Crippen molar-refractivity contribution in [3.63, 3.8) is 0 Å². The van der Waals surface area contributed by atoms with E-state index >= 15 is 0 Å². The summed E-state index contributed by atoms with van der Waals surface area (Å²) in [6, 6.07) is 0. The maximum atomic E-state index is 12.5. The van der Waals surface area contributed by atoms with E-state index in [0.29, 0.717) is 29.0 Å². The molecule has 6 atom stereocenters. The highest BCUT2D eigenvalue weighted by molar-refractivity contribution is 5.86. The molecule has 1 spiro atoms. The zero-order valence-electron chi connectivity index (χ0n) is 13.4. The number of hydrogen-bond donors (Lipinski definition) is 1. The van der Waals surface area contributed by atoms with Gasteiger partial charge in [0.2, 0.25) is 0 Å². The normalized spacial score (nSPS) is 64.0. The Morgan fingerprint density at radius 3 is 2.48 bits per heavy atom. The van der Waals surface area contributed by atoms with Crippen LogP contribution in [-0.4, -0.2) is 17.5 Å². The third kappa shape index (κ3) is 1.30. The van der Waals surface area contributed by atoms with Crippen LogP contribution < -0.4 is 0 Å². The van der Waals surface area contributed by atoms with Gasteiger partial charge in [-0.1, -0.05) is 13.8 Å². The molecule has 6 aliphatic carbocycles. The molecule has 0 heterocycles. The number of ketones is 1. The number of Topliss-reactive ketones (excluding diaryl/α,β-unsaturated/α-hetero) is 1. The summed E-state index contributed by atoms with van der Waals surface area (Å²) in [6.07, 6.45) is 8.74. The first-order valence-electron chi connectivity index (χ1n) is 9.09. The second-order valence-electron chi connectivity index (χ2n) is 9.65. The summed E-state index contributed by atoms with van der Waals surface area (Å²) in [6.45, 7) is 4.60. The van der Waals surface area contributed by atoms with Gasteiger partial charge >= 0.3 is 0 Å². The van der Waals surface area contributed by atoms with Crippen molar-refractivity contribution < 1.29 is 9.90 Å². The van der Waals surface area contributed by atoms with Gasteiger partial charge in [-0.05, 0) is 78.9 Å². The first-order valence-corrected chi connectivity index (χ1v) is 9.09. The Morgan fingerprint density at radius 1 is 1.10 bits per heavy atom. The molecule has 0 radical (unpaired) electrons. The number of carbonyl (C=O) groups excluding carboxylic acids is 1. The number of rotatable bonds is 1. The third-order valence-electron chi connectivity index (χ3n) is 9.19. The Hall–Kier alpha value is -0.370. The predicted octanol–water partition coefficient (Wildman–Crippen LogP) is 3.43. The van der Waals surface area contributed by atoms with Crippen LogP contribution in [0.25, 0.3) is 0 Å². The average molecular weight is 288 g/mol. The largest absolute Gasteiger partial charge is 0.395 e. The van der Waals surface area contributed by atoms with Crippen molar-refractivity contribution in [1.82, 2.24) is 0 Å². The predicted molar refractivity (Wildman–Crippen MR) is 80.5 cm³/mol. The lowest BCUT2D eigenvalue weighted by molar-refractivity contribution is -0.179. The zero-order valence-corrected chi connectivity index (χ0v) is 13.4. The maximum Gasteiger partial charge on any atom is 0.141 e. The van der Waals surface area contributed by atoms with Gasteiger partial charge in [-0.25, -0.2) is 0 Å². The van der Waals surface area contributed by atoms with Crippen molar-refractivity contribution >= 4 is 5.78 Å². The monoisotopic (exact) mass is 288 g/mol. The molecule has 6 saturated carbocycles. The summed E-state index contributed by atoms with van der Waals surface area (Å²) in [4.78, 5) is 12.5. The average Bonchev–Trinajstić information content (AvgIpc) is 3.03. The van der Waals surface area contributed by atoms with Gasteiger partial charge in [0.15, 0.2) is 0 Å². The van der Waals surface area contributed by atoms with Crippen molar-refractivity contribution in [2.24, 2.45) is 45.8 Å². The Balaban J connectivity index is 1.57. The molecule has 6 fully saturated rings. The molecule has 0 aliphatic heterocycles. The van der Waals surface area contributed by atoms with E-state index in [0.717, 1.165) is 30.1 Å². The molecule has 2 nitrogen and oxygen atoms in total. The lowest BCUT2D eigenvalue weighted by Crippen LogP contribution is -2.60. The number of aliphatic hydroxyl groups is 1. The molecule has 0 aromatic heterocycles. The molecule has 6 unspecified atom stereocenters. The molecular weight excluding hydrogens is 260 g/mol. The van der Waals surface area contributed by atoms with Crippen molar-refractivity contribution in [2.75, 3.05) is 6.61 Å². The number of carbonyl (C=O) groups is 1. The van der Waals surface area contributed by atoms with Crippen LogP contribution in [0.2, 0.25) is 0 Å². The summed E-state index contributed by atoms with van der Waals surface area (Å²) < 4.78 is 0. The SMILES string of the molecule is CC1(CO)C(=O)CCC2(C)C3CC4C5CC3(CCC12)CC45. The van der Waals surface area contributed by atoms with Crippen LogP contribution >= 0.6 is 0 Å².